The number of likely N-dealkylation sites (tertiary alicyclic amines) is 1. The molecule has 12 nitrogen and oxygen atoms in total. The van der Waals surface area contributed by atoms with Crippen LogP contribution in [0.25, 0.3) is 0 Å². The maximum atomic E-state index is 14.1. The van der Waals surface area contributed by atoms with Gasteiger partial charge in [-0.3, -0.25) is 9.59 Å². The van der Waals surface area contributed by atoms with Crippen LogP contribution >= 0.6 is 0 Å². The number of carbonyl (C=O) groups is 5. The van der Waals surface area contributed by atoms with Crippen LogP contribution < -0.4 is 16.0 Å². The lowest BCUT2D eigenvalue weighted by Crippen LogP contribution is -2.52. The number of carboxylic acids is 1. The summed E-state index contributed by atoms with van der Waals surface area (Å²) in [5.41, 5.74) is -0.383. The molecular weight excluding hydrogens is 616 g/mol. The zero-order valence-electron chi connectivity index (χ0n) is 29.8. The minimum Gasteiger partial charge on any atom is -0.480 e. The van der Waals surface area contributed by atoms with E-state index in [0.29, 0.717) is 38.6 Å². The van der Waals surface area contributed by atoms with Crippen LogP contribution in [0.15, 0.2) is 42.5 Å². The van der Waals surface area contributed by atoms with Gasteiger partial charge in [-0.15, -0.1) is 0 Å². The number of alkyl carbamates (subject to hydrolysis) is 2. The van der Waals surface area contributed by atoms with E-state index in [1.807, 2.05) is 50.3 Å². The molecule has 0 radical (unpaired) electrons. The van der Waals surface area contributed by atoms with Gasteiger partial charge < -0.3 is 35.4 Å². The summed E-state index contributed by atoms with van der Waals surface area (Å²) in [4.78, 5) is 65.6. The number of benzene rings is 1. The highest BCUT2D eigenvalue weighted by Crippen LogP contribution is 2.24. The van der Waals surface area contributed by atoms with Crippen LogP contribution in [0.5, 0.6) is 0 Å². The Kier molecular flexibility index (Phi) is 15.4. The van der Waals surface area contributed by atoms with Crippen molar-refractivity contribution in [3.63, 3.8) is 0 Å². The molecule has 12 heteroatoms. The van der Waals surface area contributed by atoms with Gasteiger partial charge in [0.1, 0.15) is 23.3 Å². The van der Waals surface area contributed by atoms with E-state index in [-0.39, 0.29) is 30.8 Å². The second-order valence-corrected chi connectivity index (χ2v) is 14.7. The Morgan fingerprint density at radius 1 is 0.938 bits per heavy atom. The summed E-state index contributed by atoms with van der Waals surface area (Å²) in [5, 5.41) is 17.9. The van der Waals surface area contributed by atoms with Crippen molar-refractivity contribution in [1.29, 1.82) is 0 Å². The van der Waals surface area contributed by atoms with Crippen molar-refractivity contribution in [3.8, 4) is 0 Å². The highest BCUT2D eigenvalue weighted by Gasteiger charge is 2.38. The second-order valence-electron chi connectivity index (χ2n) is 14.7. The van der Waals surface area contributed by atoms with Gasteiger partial charge in [0, 0.05) is 13.1 Å². The molecule has 268 valence electrons. The van der Waals surface area contributed by atoms with Crippen LogP contribution in [-0.4, -0.2) is 82.4 Å². The van der Waals surface area contributed by atoms with Gasteiger partial charge in [-0.2, -0.15) is 0 Å². The minimum atomic E-state index is -1.20. The fraction of sp³-hybridized carbons (Fsp3) is 0.639. The first kappa shape index (κ1) is 40.1. The number of ether oxygens (including phenoxy) is 2. The topological polar surface area (TPSA) is 163 Å². The van der Waals surface area contributed by atoms with E-state index in [1.54, 1.807) is 47.6 Å². The van der Waals surface area contributed by atoms with E-state index >= 15 is 0 Å². The Labute approximate surface area is 285 Å². The summed E-state index contributed by atoms with van der Waals surface area (Å²) in [7, 11) is 0. The Balaban J connectivity index is 2.18. The van der Waals surface area contributed by atoms with Gasteiger partial charge in [-0.05, 0) is 91.5 Å². The summed E-state index contributed by atoms with van der Waals surface area (Å²) in [5.74, 6) is -2.36. The predicted molar refractivity (Wildman–Crippen MR) is 183 cm³/mol. The number of carbonyl (C=O) groups excluding carboxylic acids is 4. The third-order valence-electron chi connectivity index (χ3n) is 7.41. The molecule has 1 aromatic carbocycles. The smallest absolute Gasteiger partial charge is 0.408 e. The van der Waals surface area contributed by atoms with E-state index in [9.17, 15) is 29.1 Å². The van der Waals surface area contributed by atoms with Crippen LogP contribution in [0.1, 0.15) is 93.1 Å². The van der Waals surface area contributed by atoms with Crippen molar-refractivity contribution in [2.24, 2.45) is 11.8 Å². The van der Waals surface area contributed by atoms with Crippen molar-refractivity contribution < 1.29 is 38.6 Å². The van der Waals surface area contributed by atoms with Gasteiger partial charge in [-0.25, -0.2) is 14.4 Å². The molecule has 1 aromatic rings. The number of hydrogen-bond acceptors (Lipinski definition) is 7. The van der Waals surface area contributed by atoms with Gasteiger partial charge in [0.25, 0.3) is 0 Å². The molecule has 0 aromatic heterocycles. The summed E-state index contributed by atoms with van der Waals surface area (Å²) in [6, 6.07) is 7.16. The Morgan fingerprint density at radius 2 is 1.56 bits per heavy atom. The predicted octanol–water partition coefficient (Wildman–Crippen LogP) is 5.21. The first-order chi connectivity index (χ1) is 22.3. The third kappa shape index (κ3) is 15.2. The summed E-state index contributed by atoms with van der Waals surface area (Å²) < 4.78 is 10.7. The normalized spacial score (nSPS) is 17.0. The van der Waals surface area contributed by atoms with Crippen LogP contribution in [0.2, 0.25) is 0 Å². The lowest BCUT2D eigenvalue weighted by Gasteiger charge is -2.29. The molecule has 1 aliphatic rings. The second kappa shape index (κ2) is 18.5. The molecule has 0 aliphatic carbocycles. The highest BCUT2D eigenvalue weighted by molar-refractivity contribution is 5.92. The zero-order chi connectivity index (χ0) is 36.1. The molecule has 4 amide bonds. The first-order valence-electron chi connectivity index (χ1n) is 16.9. The maximum Gasteiger partial charge on any atom is 0.408 e. The van der Waals surface area contributed by atoms with Gasteiger partial charge in [0.15, 0.2) is 0 Å². The Hall–Kier alpha value is -4.09. The average molecular weight is 673 g/mol. The monoisotopic (exact) mass is 672 g/mol. The Bertz CT molecular complexity index is 1250. The average Bonchev–Trinajstić information content (AvgIpc) is 3.44. The fourth-order valence-corrected chi connectivity index (χ4v) is 5.38. The minimum absolute atomic E-state index is 0.0821. The zero-order valence-corrected chi connectivity index (χ0v) is 29.8. The molecule has 1 heterocycles. The largest absolute Gasteiger partial charge is 0.480 e. The molecule has 1 saturated heterocycles. The van der Waals surface area contributed by atoms with E-state index in [0.717, 1.165) is 5.56 Å². The van der Waals surface area contributed by atoms with Crippen LogP contribution in [-0.2, 0) is 30.3 Å². The van der Waals surface area contributed by atoms with E-state index in [4.69, 9.17) is 9.47 Å². The van der Waals surface area contributed by atoms with E-state index in [2.05, 4.69) is 16.0 Å². The molecule has 2 rings (SSSR count). The molecule has 1 aliphatic heterocycles. The standard InChI is InChI=1S/C36H56N4O8/c1-24(2)22-27(38-34(46)48-36(6,7)8)19-18-26(23-25-14-10-9-11-15-25)31(42)40-21-13-17-29(40)30(41)39-28(32(43)44)16-12-20-37-33(45)47-35(3,4)5/h9-11,14-15,18-19,24,26-29H,12-13,16-17,20-23H2,1-8H3,(H,37,45)(H,38,46)(H,39,41)(H,43,44)/b19-18+/t26?,27?,28?,29-/m0/s1. The van der Waals surface area contributed by atoms with Crippen LogP contribution in [0, 0.1) is 11.8 Å². The molecule has 48 heavy (non-hydrogen) atoms. The lowest BCUT2D eigenvalue weighted by molar-refractivity contribution is -0.144. The van der Waals surface area contributed by atoms with E-state index in [1.165, 1.54) is 4.90 Å². The van der Waals surface area contributed by atoms with Gasteiger partial charge in [0.2, 0.25) is 11.8 Å². The molecule has 1 fully saturated rings. The number of aliphatic carboxylic acids is 1. The van der Waals surface area contributed by atoms with Gasteiger partial charge in [-0.1, -0.05) is 56.3 Å². The van der Waals surface area contributed by atoms with Crippen molar-refractivity contribution in [2.45, 2.75) is 123 Å². The summed E-state index contributed by atoms with van der Waals surface area (Å²) in [6.07, 6.45) is 4.85. The Morgan fingerprint density at radius 3 is 2.15 bits per heavy atom. The number of nitrogens with zero attached hydrogens (tertiary/aromatic N) is 1. The number of hydrogen-bond donors (Lipinski definition) is 4. The lowest BCUT2D eigenvalue weighted by atomic mass is 9.95. The van der Waals surface area contributed by atoms with Crippen molar-refractivity contribution in [3.05, 3.63) is 48.0 Å². The fourth-order valence-electron chi connectivity index (χ4n) is 5.38. The maximum absolute atomic E-state index is 14.1. The molecule has 4 N–H and O–H groups in total. The number of nitrogens with one attached hydrogen (secondary N) is 3. The van der Waals surface area contributed by atoms with Crippen molar-refractivity contribution in [2.75, 3.05) is 13.1 Å². The van der Waals surface area contributed by atoms with Crippen LogP contribution in [0.3, 0.4) is 0 Å². The first-order valence-corrected chi connectivity index (χ1v) is 16.9. The molecular formula is C36H56N4O8. The van der Waals surface area contributed by atoms with Crippen molar-refractivity contribution in [1.82, 2.24) is 20.9 Å². The SMILES string of the molecule is CC(C)CC(/C=C/C(Cc1ccccc1)C(=O)N1CCC[C@H]1C(=O)NC(CCCNC(=O)OC(C)(C)C)C(=O)O)NC(=O)OC(C)(C)C. The molecule has 0 spiro atoms. The highest BCUT2D eigenvalue weighted by atomic mass is 16.6. The molecule has 0 saturated carbocycles. The third-order valence-corrected chi connectivity index (χ3v) is 7.41. The number of rotatable bonds is 15. The summed E-state index contributed by atoms with van der Waals surface area (Å²) in [6.45, 7) is 15.2. The van der Waals surface area contributed by atoms with Crippen molar-refractivity contribution >= 4 is 30.0 Å². The van der Waals surface area contributed by atoms with Gasteiger partial charge in [0.05, 0.1) is 12.0 Å². The summed E-state index contributed by atoms with van der Waals surface area (Å²) >= 11 is 0. The number of carboxylic acid groups (broad SMARTS) is 1. The van der Waals surface area contributed by atoms with E-state index < -0.39 is 53.3 Å². The van der Waals surface area contributed by atoms with Gasteiger partial charge >= 0.3 is 18.2 Å². The number of amides is 4. The quantitative estimate of drug-likeness (QED) is 0.146. The molecule has 0 bridgehead atoms. The molecule has 4 atom stereocenters. The van der Waals surface area contributed by atoms with Crippen LogP contribution in [0.4, 0.5) is 9.59 Å². The molecule has 3 unspecified atom stereocenters.